The fraction of sp³-hybridized carbons (Fsp3) is 0.632. The molecule has 0 bridgehead atoms. The first-order valence-electron chi connectivity index (χ1n) is 8.07. The van der Waals surface area contributed by atoms with Crippen LogP contribution in [0.1, 0.15) is 62.6 Å². The smallest absolute Gasteiger partial charge is 0.106 e. The van der Waals surface area contributed by atoms with Crippen molar-refractivity contribution in [3.8, 4) is 6.07 Å². The lowest BCUT2D eigenvalue weighted by Crippen LogP contribution is -2.45. The lowest BCUT2D eigenvalue weighted by Gasteiger charge is -2.45. The summed E-state index contributed by atoms with van der Waals surface area (Å²) in [4.78, 5) is 0. The largest absolute Gasteiger partial charge is 0.384 e. The monoisotopic (exact) mass is 285 g/mol. The Kier molecular flexibility index (Phi) is 4.44. The van der Waals surface area contributed by atoms with Crippen molar-refractivity contribution in [3.05, 3.63) is 34.9 Å². The predicted octanol–water partition coefficient (Wildman–Crippen LogP) is 4.62. The van der Waals surface area contributed by atoms with Crippen LogP contribution < -0.4 is 0 Å². The fourth-order valence-electron chi connectivity index (χ4n) is 3.80. The highest BCUT2D eigenvalue weighted by Gasteiger charge is 2.50. The van der Waals surface area contributed by atoms with Crippen molar-refractivity contribution in [2.75, 3.05) is 0 Å². The molecule has 2 heteroatoms. The third-order valence-electron chi connectivity index (χ3n) is 5.60. The maximum atomic E-state index is 11.3. The zero-order valence-electron chi connectivity index (χ0n) is 13.7. The van der Waals surface area contributed by atoms with Crippen molar-refractivity contribution in [2.45, 2.75) is 65.4 Å². The van der Waals surface area contributed by atoms with Crippen LogP contribution in [0.2, 0.25) is 0 Å². The molecule has 1 fully saturated rings. The number of aliphatic hydroxyl groups is 1. The molecule has 1 N–H and O–H groups in total. The standard InChI is InChI=1S/C19H27NO/c1-5-16-8-10-19(13-20,11-9-16)18(4,21)17-12-14(2)6-7-15(17)3/h6-7,12,16,21H,5,8-11H2,1-4H3. The van der Waals surface area contributed by atoms with Crippen LogP contribution in [0, 0.1) is 36.5 Å². The number of hydrogen-bond donors (Lipinski definition) is 1. The maximum Gasteiger partial charge on any atom is 0.106 e. The van der Waals surface area contributed by atoms with Gasteiger partial charge in [0.2, 0.25) is 0 Å². The Morgan fingerprint density at radius 2 is 1.95 bits per heavy atom. The predicted molar refractivity (Wildman–Crippen MR) is 85.8 cm³/mol. The van der Waals surface area contributed by atoms with E-state index in [0.29, 0.717) is 5.92 Å². The summed E-state index contributed by atoms with van der Waals surface area (Å²) in [6, 6.07) is 8.64. The number of benzene rings is 1. The molecule has 1 saturated carbocycles. The molecule has 114 valence electrons. The molecular weight excluding hydrogens is 258 g/mol. The summed E-state index contributed by atoms with van der Waals surface area (Å²) in [7, 11) is 0. The molecule has 2 rings (SSSR count). The van der Waals surface area contributed by atoms with Crippen molar-refractivity contribution >= 4 is 0 Å². The normalized spacial score (nSPS) is 28.7. The minimum absolute atomic E-state index is 0.656. The van der Waals surface area contributed by atoms with Crippen LogP contribution in [-0.2, 0) is 5.60 Å². The van der Waals surface area contributed by atoms with Crippen molar-refractivity contribution in [3.63, 3.8) is 0 Å². The first-order valence-corrected chi connectivity index (χ1v) is 8.07. The average molecular weight is 285 g/mol. The Balaban J connectivity index is 2.41. The molecule has 2 nitrogen and oxygen atoms in total. The topological polar surface area (TPSA) is 44.0 Å². The quantitative estimate of drug-likeness (QED) is 0.880. The molecule has 1 unspecified atom stereocenters. The summed E-state index contributed by atoms with van der Waals surface area (Å²) in [6.07, 6.45) is 4.86. The number of rotatable bonds is 3. The van der Waals surface area contributed by atoms with Gasteiger partial charge in [-0.1, -0.05) is 37.1 Å². The molecule has 0 heterocycles. The van der Waals surface area contributed by atoms with Gasteiger partial charge in [-0.25, -0.2) is 0 Å². The SMILES string of the molecule is CCC1CCC(C#N)(C(C)(O)c2cc(C)ccc2C)CC1. The average Bonchev–Trinajstić information content (AvgIpc) is 2.49. The second-order valence-corrected chi connectivity index (χ2v) is 6.94. The summed E-state index contributed by atoms with van der Waals surface area (Å²) >= 11 is 0. The zero-order chi connectivity index (χ0) is 15.7. The van der Waals surface area contributed by atoms with Gasteiger partial charge in [-0.3, -0.25) is 0 Å². The van der Waals surface area contributed by atoms with E-state index in [0.717, 1.165) is 42.4 Å². The molecule has 0 aliphatic heterocycles. The van der Waals surface area contributed by atoms with Gasteiger partial charge in [-0.2, -0.15) is 5.26 Å². The Bertz CT molecular complexity index is 545. The third-order valence-corrected chi connectivity index (χ3v) is 5.60. The van der Waals surface area contributed by atoms with E-state index in [9.17, 15) is 10.4 Å². The van der Waals surface area contributed by atoms with E-state index < -0.39 is 11.0 Å². The zero-order valence-corrected chi connectivity index (χ0v) is 13.7. The molecule has 0 radical (unpaired) electrons. The molecule has 1 aliphatic carbocycles. The number of hydrogen-bond acceptors (Lipinski definition) is 2. The van der Waals surface area contributed by atoms with E-state index in [2.05, 4.69) is 19.1 Å². The highest BCUT2D eigenvalue weighted by Crippen LogP contribution is 2.51. The van der Waals surface area contributed by atoms with E-state index in [1.807, 2.05) is 32.9 Å². The molecule has 0 aromatic heterocycles. The van der Waals surface area contributed by atoms with Crippen LogP contribution >= 0.6 is 0 Å². The van der Waals surface area contributed by atoms with Crippen LogP contribution in [-0.4, -0.2) is 5.11 Å². The second kappa shape index (κ2) is 5.81. The van der Waals surface area contributed by atoms with Gasteiger partial charge < -0.3 is 5.11 Å². The lowest BCUT2D eigenvalue weighted by atomic mass is 9.60. The molecule has 1 aromatic rings. The van der Waals surface area contributed by atoms with E-state index in [1.165, 1.54) is 6.42 Å². The van der Waals surface area contributed by atoms with Gasteiger partial charge in [0.1, 0.15) is 5.60 Å². The van der Waals surface area contributed by atoms with Crippen LogP contribution in [0.3, 0.4) is 0 Å². The third kappa shape index (κ3) is 2.72. The molecule has 1 aromatic carbocycles. The first kappa shape index (κ1) is 16.0. The highest BCUT2D eigenvalue weighted by molar-refractivity contribution is 5.38. The van der Waals surface area contributed by atoms with Crippen molar-refractivity contribution < 1.29 is 5.11 Å². The molecule has 21 heavy (non-hydrogen) atoms. The van der Waals surface area contributed by atoms with Gasteiger partial charge in [0.05, 0.1) is 11.5 Å². The van der Waals surface area contributed by atoms with Gasteiger partial charge in [0.25, 0.3) is 0 Å². The van der Waals surface area contributed by atoms with Crippen LogP contribution in [0.25, 0.3) is 0 Å². The van der Waals surface area contributed by atoms with Crippen LogP contribution in [0.5, 0.6) is 0 Å². The summed E-state index contributed by atoms with van der Waals surface area (Å²) in [5.74, 6) is 0.709. The Labute approximate surface area is 128 Å². The first-order chi connectivity index (χ1) is 9.86. The summed E-state index contributed by atoms with van der Waals surface area (Å²) < 4.78 is 0. The van der Waals surface area contributed by atoms with Gasteiger partial charge in [0, 0.05) is 0 Å². The van der Waals surface area contributed by atoms with Crippen molar-refractivity contribution in [2.24, 2.45) is 11.3 Å². The van der Waals surface area contributed by atoms with E-state index in [1.54, 1.807) is 0 Å². The van der Waals surface area contributed by atoms with Crippen LogP contribution in [0.4, 0.5) is 0 Å². The highest BCUT2D eigenvalue weighted by atomic mass is 16.3. The molecule has 1 atom stereocenters. The minimum atomic E-state index is -1.09. The molecule has 0 spiro atoms. The van der Waals surface area contributed by atoms with Gasteiger partial charge in [0.15, 0.2) is 0 Å². The Morgan fingerprint density at radius 1 is 1.33 bits per heavy atom. The van der Waals surface area contributed by atoms with E-state index in [4.69, 9.17) is 0 Å². The summed E-state index contributed by atoms with van der Waals surface area (Å²) in [6.45, 7) is 8.11. The Morgan fingerprint density at radius 3 is 2.48 bits per heavy atom. The van der Waals surface area contributed by atoms with Gasteiger partial charge in [-0.05, 0) is 63.5 Å². The molecule has 0 saturated heterocycles. The van der Waals surface area contributed by atoms with E-state index >= 15 is 0 Å². The number of nitrogens with zero attached hydrogens (tertiary/aromatic N) is 1. The fourth-order valence-corrected chi connectivity index (χ4v) is 3.80. The Hall–Kier alpha value is -1.33. The van der Waals surface area contributed by atoms with Crippen LogP contribution in [0.15, 0.2) is 18.2 Å². The lowest BCUT2D eigenvalue weighted by molar-refractivity contribution is -0.0702. The number of nitriles is 1. The van der Waals surface area contributed by atoms with Crippen molar-refractivity contribution in [1.82, 2.24) is 0 Å². The van der Waals surface area contributed by atoms with Crippen molar-refractivity contribution in [1.29, 1.82) is 5.26 Å². The summed E-state index contributed by atoms with van der Waals surface area (Å²) in [5, 5.41) is 21.2. The van der Waals surface area contributed by atoms with Gasteiger partial charge in [-0.15, -0.1) is 0 Å². The second-order valence-electron chi connectivity index (χ2n) is 6.94. The van der Waals surface area contributed by atoms with E-state index in [-0.39, 0.29) is 0 Å². The van der Waals surface area contributed by atoms with Gasteiger partial charge >= 0.3 is 0 Å². The molecule has 1 aliphatic rings. The minimum Gasteiger partial charge on any atom is -0.384 e. The molecular formula is C19H27NO. The molecule has 0 amide bonds. The maximum absolute atomic E-state index is 11.3. The summed E-state index contributed by atoms with van der Waals surface area (Å²) in [5.41, 5.74) is 1.37. The number of aryl methyl sites for hydroxylation is 2.